The van der Waals surface area contributed by atoms with Crippen LogP contribution < -0.4 is 0 Å². The van der Waals surface area contributed by atoms with E-state index in [1.807, 2.05) is 6.92 Å². The summed E-state index contributed by atoms with van der Waals surface area (Å²) in [5, 5.41) is 0. The van der Waals surface area contributed by atoms with Gasteiger partial charge in [-0.1, -0.05) is 20.8 Å². The zero-order valence-corrected chi connectivity index (χ0v) is 11.2. The second-order valence-electron chi connectivity index (χ2n) is 5.47. The predicted molar refractivity (Wildman–Crippen MR) is 65.2 cm³/mol. The molecule has 1 heterocycles. The topological polar surface area (TPSA) is 29.5 Å². The Hall–Kier alpha value is -0.570. The molecule has 0 spiro atoms. The normalized spacial score (nSPS) is 30.8. The highest BCUT2D eigenvalue weighted by Crippen LogP contribution is 2.29. The minimum atomic E-state index is -0.447. The number of ether oxygens (including phenoxy) is 1. The molecule has 1 fully saturated rings. The fraction of sp³-hybridized carbons (Fsp3) is 0.923. The first-order chi connectivity index (χ1) is 7.43. The van der Waals surface area contributed by atoms with Gasteiger partial charge in [-0.2, -0.15) is 0 Å². The number of hydrogen-bond acceptors (Lipinski definition) is 3. The van der Waals surface area contributed by atoms with Crippen LogP contribution in [0.15, 0.2) is 0 Å². The first-order valence-electron chi connectivity index (χ1n) is 6.27. The highest BCUT2D eigenvalue weighted by molar-refractivity contribution is 5.80. The van der Waals surface area contributed by atoms with Crippen LogP contribution in [0.4, 0.5) is 0 Å². The molecule has 3 unspecified atom stereocenters. The molecule has 0 aromatic rings. The Morgan fingerprint density at radius 3 is 2.25 bits per heavy atom. The third-order valence-corrected chi connectivity index (χ3v) is 3.88. The van der Waals surface area contributed by atoms with Gasteiger partial charge in [-0.25, -0.2) is 0 Å². The first kappa shape index (κ1) is 13.5. The van der Waals surface area contributed by atoms with Gasteiger partial charge in [0.15, 0.2) is 0 Å². The number of nitrogens with zero attached hydrogens (tertiary/aromatic N) is 1. The second kappa shape index (κ2) is 5.17. The zero-order valence-electron chi connectivity index (χ0n) is 11.2. The molecule has 0 N–H and O–H groups in total. The average molecular weight is 227 g/mol. The molecule has 1 aliphatic rings. The highest BCUT2D eigenvalue weighted by atomic mass is 16.5. The van der Waals surface area contributed by atoms with Crippen molar-refractivity contribution in [3.05, 3.63) is 0 Å². The van der Waals surface area contributed by atoms with Crippen molar-refractivity contribution in [2.75, 3.05) is 20.2 Å². The van der Waals surface area contributed by atoms with Crippen LogP contribution >= 0.6 is 0 Å². The van der Waals surface area contributed by atoms with Crippen LogP contribution in [-0.2, 0) is 9.53 Å². The van der Waals surface area contributed by atoms with Crippen molar-refractivity contribution in [2.45, 2.75) is 46.1 Å². The number of likely N-dealkylation sites (tertiary alicyclic amines) is 1. The molecular weight excluding hydrogens is 202 g/mol. The Kier molecular flexibility index (Phi) is 4.36. The van der Waals surface area contributed by atoms with Gasteiger partial charge in [-0.05, 0) is 31.6 Å². The van der Waals surface area contributed by atoms with E-state index in [2.05, 4.69) is 25.7 Å². The molecule has 3 atom stereocenters. The minimum absolute atomic E-state index is 0.101. The molecule has 0 radical (unpaired) electrons. The number of hydrogen-bond donors (Lipinski definition) is 0. The number of methoxy groups -OCH3 is 1. The van der Waals surface area contributed by atoms with E-state index in [4.69, 9.17) is 4.74 Å². The maximum atomic E-state index is 11.9. The molecule has 94 valence electrons. The lowest BCUT2D eigenvalue weighted by Crippen LogP contribution is -2.57. The first-order valence-corrected chi connectivity index (χ1v) is 6.27. The maximum absolute atomic E-state index is 11.9. The van der Waals surface area contributed by atoms with Gasteiger partial charge in [-0.15, -0.1) is 0 Å². The second-order valence-corrected chi connectivity index (χ2v) is 5.47. The van der Waals surface area contributed by atoms with Crippen LogP contribution in [0.5, 0.6) is 0 Å². The van der Waals surface area contributed by atoms with Gasteiger partial charge in [-0.3, -0.25) is 9.69 Å². The van der Waals surface area contributed by atoms with E-state index in [9.17, 15) is 4.79 Å². The Balaban J connectivity index is 2.83. The molecule has 1 saturated heterocycles. The largest absolute Gasteiger partial charge is 0.468 e. The van der Waals surface area contributed by atoms with Crippen molar-refractivity contribution >= 4 is 5.97 Å². The fourth-order valence-electron chi connectivity index (χ4n) is 2.78. The van der Waals surface area contributed by atoms with E-state index >= 15 is 0 Å². The zero-order chi connectivity index (χ0) is 12.3. The Morgan fingerprint density at radius 2 is 1.88 bits per heavy atom. The van der Waals surface area contributed by atoms with Gasteiger partial charge >= 0.3 is 5.97 Å². The van der Waals surface area contributed by atoms with Crippen molar-refractivity contribution in [3.8, 4) is 0 Å². The van der Waals surface area contributed by atoms with E-state index in [0.717, 1.165) is 19.5 Å². The summed E-state index contributed by atoms with van der Waals surface area (Å²) in [7, 11) is 1.48. The van der Waals surface area contributed by atoms with Crippen LogP contribution in [0.2, 0.25) is 0 Å². The molecule has 0 amide bonds. The van der Waals surface area contributed by atoms with E-state index in [0.29, 0.717) is 11.8 Å². The fourth-order valence-corrected chi connectivity index (χ4v) is 2.78. The van der Waals surface area contributed by atoms with Crippen LogP contribution in [0.3, 0.4) is 0 Å². The third-order valence-electron chi connectivity index (χ3n) is 3.88. The van der Waals surface area contributed by atoms with Crippen LogP contribution in [0.1, 0.15) is 40.5 Å². The van der Waals surface area contributed by atoms with E-state index in [-0.39, 0.29) is 5.97 Å². The number of rotatable bonds is 3. The number of esters is 1. The van der Waals surface area contributed by atoms with Gasteiger partial charge in [0.1, 0.15) is 5.54 Å². The molecule has 0 bridgehead atoms. The van der Waals surface area contributed by atoms with Crippen LogP contribution in [0.25, 0.3) is 0 Å². The molecule has 1 rings (SSSR count). The van der Waals surface area contributed by atoms with Crippen LogP contribution in [0, 0.1) is 11.8 Å². The molecule has 1 aliphatic heterocycles. The molecule has 0 saturated carbocycles. The molecular formula is C13H25NO2. The lowest BCUT2D eigenvalue weighted by Gasteiger charge is -2.44. The quantitative estimate of drug-likeness (QED) is 0.693. The Labute approximate surface area is 99.1 Å². The Bertz CT molecular complexity index is 244. The van der Waals surface area contributed by atoms with Crippen molar-refractivity contribution in [1.82, 2.24) is 4.90 Å². The SMILES string of the molecule is CCC(C)(C(=O)OC)N1CC(C)CC(C)C1. The predicted octanol–water partition coefficient (Wildman–Crippen LogP) is 2.31. The van der Waals surface area contributed by atoms with E-state index in [1.165, 1.54) is 13.5 Å². The van der Waals surface area contributed by atoms with Gasteiger partial charge in [0.25, 0.3) is 0 Å². The van der Waals surface area contributed by atoms with Crippen molar-refractivity contribution in [3.63, 3.8) is 0 Å². The van der Waals surface area contributed by atoms with Crippen molar-refractivity contribution in [1.29, 1.82) is 0 Å². The molecule has 16 heavy (non-hydrogen) atoms. The monoisotopic (exact) mass is 227 g/mol. The van der Waals surface area contributed by atoms with Crippen molar-refractivity contribution in [2.24, 2.45) is 11.8 Å². The summed E-state index contributed by atoms with van der Waals surface area (Å²) in [5.74, 6) is 1.23. The third kappa shape index (κ3) is 2.57. The summed E-state index contributed by atoms with van der Waals surface area (Å²) in [5.41, 5.74) is -0.447. The molecule has 0 aromatic heterocycles. The number of carbonyl (C=O) groups excluding carboxylic acids is 1. The highest BCUT2D eigenvalue weighted by Gasteiger charge is 2.41. The smallest absolute Gasteiger partial charge is 0.325 e. The Morgan fingerprint density at radius 1 is 1.38 bits per heavy atom. The van der Waals surface area contributed by atoms with Gasteiger partial charge in [0, 0.05) is 13.1 Å². The average Bonchev–Trinajstić information content (AvgIpc) is 2.25. The number of carbonyl (C=O) groups is 1. The maximum Gasteiger partial charge on any atom is 0.325 e. The van der Waals surface area contributed by atoms with E-state index < -0.39 is 5.54 Å². The minimum Gasteiger partial charge on any atom is -0.468 e. The molecule has 3 nitrogen and oxygen atoms in total. The van der Waals surface area contributed by atoms with Crippen molar-refractivity contribution < 1.29 is 9.53 Å². The summed E-state index contributed by atoms with van der Waals surface area (Å²) in [6.45, 7) is 10.6. The molecule has 0 aromatic carbocycles. The summed E-state index contributed by atoms with van der Waals surface area (Å²) < 4.78 is 4.95. The lowest BCUT2D eigenvalue weighted by atomic mass is 9.86. The summed E-state index contributed by atoms with van der Waals surface area (Å²) in [6, 6.07) is 0. The standard InChI is InChI=1S/C13H25NO2/c1-6-13(4,12(15)16-5)14-8-10(2)7-11(3)9-14/h10-11H,6-9H2,1-5H3. The lowest BCUT2D eigenvalue weighted by molar-refractivity contribution is -0.156. The van der Waals surface area contributed by atoms with Gasteiger partial charge in [0.05, 0.1) is 7.11 Å². The van der Waals surface area contributed by atoms with Gasteiger partial charge in [0.2, 0.25) is 0 Å². The summed E-state index contributed by atoms with van der Waals surface area (Å²) >= 11 is 0. The van der Waals surface area contributed by atoms with Gasteiger partial charge < -0.3 is 4.74 Å². The molecule has 3 heteroatoms. The summed E-state index contributed by atoms with van der Waals surface area (Å²) in [4.78, 5) is 14.2. The van der Waals surface area contributed by atoms with E-state index in [1.54, 1.807) is 0 Å². The van der Waals surface area contributed by atoms with Crippen LogP contribution in [-0.4, -0.2) is 36.6 Å². The number of piperidine rings is 1. The summed E-state index contributed by atoms with van der Waals surface area (Å²) in [6.07, 6.45) is 2.07. The molecule has 0 aliphatic carbocycles.